The Balaban J connectivity index is 1.58. The molecule has 180 valence electrons. The molecule has 2 unspecified atom stereocenters. The molecule has 0 saturated carbocycles. The van der Waals surface area contributed by atoms with Crippen LogP contribution in [0.4, 0.5) is 0 Å². The van der Waals surface area contributed by atoms with Gasteiger partial charge in [0.25, 0.3) is 0 Å². The fourth-order valence-electron chi connectivity index (χ4n) is 4.15. The van der Waals surface area contributed by atoms with E-state index < -0.39 is 0 Å². The van der Waals surface area contributed by atoms with E-state index >= 15 is 0 Å². The first-order valence-electron chi connectivity index (χ1n) is 11.5. The molecule has 2 aromatic carbocycles. The Morgan fingerprint density at radius 1 is 0.943 bits per heavy atom. The number of ether oxygens (including phenoxy) is 2. The third-order valence-corrected chi connectivity index (χ3v) is 6.47. The van der Waals surface area contributed by atoms with E-state index in [1.165, 1.54) is 0 Å². The van der Waals surface area contributed by atoms with Crippen LogP contribution in [0.1, 0.15) is 47.2 Å². The minimum atomic E-state index is -0.239. The molecule has 0 bridgehead atoms. The summed E-state index contributed by atoms with van der Waals surface area (Å²) in [5, 5.41) is 4.62. The van der Waals surface area contributed by atoms with Crippen molar-refractivity contribution in [3.8, 4) is 22.8 Å². The van der Waals surface area contributed by atoms with Crippen molar-refractivity contribution in [3.05, 3.63) is 77.6 Å². The average molecular weight is 472 g/mol. The van der Waals surface area contributed by atoms with Crippen molar-refractivity contribution in [1.29, 1.82) is 0 Å². The zero-order valence-electron chi connectivity index (χ0n) is 20.6. The van der Waals surface area contributed by atoms with Crippen LogP contribution in [0.15, 0.2) is 60.8 Å². The quantitative estimate of drug-likeness (QED) is 0.308. The van der Waals surface area contributed by atoms with Gasteiger partial charge in [0.2, 0.25) is 0 Å². The zero-order valence-corrected chi connectivity index (χ0v) is 20.6. The van der Waals surface area contributed by atoms with E-state index in [1.54, 1.807) is 37.9 Å². The first-order chi connectivity index (χ1) is 16.8. The molecule has 0 N–H and O–H groups in total. The number of Topliss-reactive ketones (excluding diaryl/α,β-unsaturated/α-hetero) is 2. The summed E-state index contributed by atoms with van der Waals surface area (Å²) >= 11 is 0. The van der Waals surface area contributed by atoms with Crippen molar-refractivity contribution in [2.24, 2.45) is 11.8 Å². The number of fused-ring (bicyclic) bond motifs is 1. The molecule has 0 aliphatic rings. The Hall–Kier alpha value is -4.00. The van der Waals surface area contributed by atoms with Crippen molar-refractivity contribution in [1.82, 2.24) is 14.6 Å². The maximum atomic E-state index is 13.3. The summed E-state index contributed by atoms with van der Waals surface area (Å²) in [4.78, 5) is 29.3. The van der Waals surface area contributed by atoms with Gasteiger partial charge in [-0.15, -0.1) is 0 Å². The molecule has 2 atom stereocenters. The van der Waals surface area contributed by atoms with Gasteiger partial charge in [-0.3, -0.25) is 9.59 Å². The molecule has 0 aliphatic heterocycles. The predicted molar refractivity (Wildman–Crippen MR) is 134 cm³/mol. The molecule has 7 heteroatoms. The van der Waals surface area contributed by atoms with Gasteiger partial charge in [0.1, 0.15) is 5.69 Å². The lowest BCUT2D eigenvalue weighted by Gasteiger charge is -2.18. The number of hydrogen-bond acceptors (Lipinski definition) is 6. The standard InChI is InChI=1S/C28H29N3O4/c1-17(14-20-6-8-21(9-7-20)19(3)32)18(2)28(33)23-16-27-29-13-12-24(31(27)30-23)22-10-11-25(34-4)26(15-22)35-5/h6-13,15-18H,14H2,1-5H3. The van der Waals surface area contributed by atoms with Gasteiger partial charge in [-0.2, -0.15) is 5.10 Å². The van der Waals surface area contributed by atoms with Crippen LogP contribution in [-0.2, 0) is 6.42 Å². The highest BCUT2D eigenvalue weighted by atomic mass is 16.5. The van der Waals surface area contributed by atoms with Gasteiger partial charge in [0.05, 0.1) is 19.9 Å². The number of carbonyl (C=O) groups excluding carboxylic acids is 2. The largest absolute Gasteiger partial charge is 0.493 e. The number of rotatable bonds is 9. The zero-order chi connectivity index (χ0) is 25.1. The fraction of sp³-hybridized carbons (Fsp3) is 0.286. The van der Waals surface area contributed by atoms with E-state index in [0.717, 1.165) is 23.2 Å². The summed E-state index contributed by atoms with van der Waals surface area (Å²) in [5.74, 6) is 1.11. The number of hydrogen-bond donors (Lipinski definition) is 0. The topological polar surface area (TPSA) is 82.8 Å². The summed E-state index contributed by atoms with van der Waals surface area (Å²) in [6.45, 7) is 5.55. The second-order valence-corrected chi connectivity index (χ2v) is 8.79. The molecule has 4 rings (SSSR count). The summed E-state index contributed by atoms with van der Waals surface area (Å²) < 4.78 is 12.5. The molecule has 7 nitrogen and oxygen atoms in total. The van der Waals surface area contributed by atoms with Crippen LogP contribution in [0.3, 0.4) is 0 Å². The Bertz CT molecular complexity index is 1370. The Kier molecular flexibility index (Phi) is 6.96. The molecule has 0 amide bonds. The van der Waals surface area contributed by atoms with Gasteiger partial charge in [-0.1, -0.05) is 38.1 Å². The molecule has 2 heterocycles. The number of benzene rings is 2. The molecule has 35 heavy (non-hydrogen) atoms. The third-order valence-electron chi connectivity index (χ3n) is 6.47. The van der Waals surface area contributed by atoms with Gasteiger partial charge in [-0.05, 0) is 49.1 Å². The maximum absolute atomic E-state index is 13.3. The lowest BCUT2D eigenvalue weighted by atomic mass is 9.85. The number of aromatic nitrogens is 3. The summed E-state index contributed by atoms with van der Waals surface area (Å²) in [7, 11) is 3.19. The molecule has 4 aromatic rings. The van der Waals surface area contributed by atoms with Crippen molar-refractivity contribution in [2.45, 2.75) is 27.2 Å². The van der Waals surface area contributed by atoms with Crippen LogP contribution in [0.25, 0.3) is 16.9 Å². The van der Waals surface area contributed by atoms with Crippen LogP contribution < -0.4 is 9.47 Å². The van der Waals surface area contributed by atoms with E-state index in [0.29, 0.717) is 28.4 Å². The highest BCUT2D eigenvalue weighted by Crippen LogP contribution is 2.32. The van der Waals surface area contributed by atoms with Crippen molar-refractivity contribution >= 4 is 17.2 Å². The third kappa shape index (κ3) is 4.94. The van der Waals surface area contributed by atoms with Crippen LogP contribution in [0, 0.1) is 11.8 Å². The van der Waals surface area contributed by atoms with Crippen LogP contribution in [0.2, 0.25) is 0 Å². The van der Waals surface area contributed by atoms with Crippen LogP contribution >= 0.6 is 0 Å². The number of methoxy groups -OCH3 is 2. The molecule has 0 spiro atoms. The van der Waals surface area contributed by atoms with E-state index in [-0.39, 0.29) is 23.4 Å². The lowest BCUT2D eigenvalue weighted by Crippen LogP contribution is -2.21. The summed E-state index contributed by atoms with van der Waals surface area (Å²) in [5.41, 5.74) is 4.42. The van der Waals surface area contributed by atoms with E-state index in [9.17, 15) is 9.59 Å². The molecular formula is C28H29N3O4. The Labute approximate surface area is 204 Å². The molecule has 0 fully saturated rings. The molecular weight excluding hydrogens is 442 g/mol. The summed E-state index contributed by atoms with van der Waals surface area (Å²) in [6, 6.07) is 16.8. The smallest absolute Gasteiger partial charge is 0.186 e. The Morgan fingerprint density at radius 3 is 2.31 bits per heavy atom. The first kappa shape index (κ1) is 24.1. The number of ketones is 2. The molecule has 0 radical (unpaired) electrons. The normalized spacial score (nSPS) is 12.8. The van der Waals surface area contributed by atoms with Gasteiger partial charge < -0.3 is 9.47 Å². The SMILES string of the molecule is COc1ccc(-c2ccnc3cc(C(=O)C(C)C(C)Cc4ccc(C(C)=O)cc4)nn23)cc1OC. The molecule has 2 aromatic heterocycles. The van der Waals surface area contributed by atoms with Gasteiger partial charge in [-0.25, -0.2) is 9.50 Å². The summed E-state index contributed by atoms with van der Waals surface area (Å²) in [6.07, 6.45) is 2.43. The monoisotopic (exact) mass is 471 g/mol. The predicted octanol–water partition coefficient (Wildman–Crippen LogP) is 5.31. The van der Waals surface area contributed by atoms with E-state index in [1.807, 2.05) is 55.5 Å². The maximum Gasteiger partial charge on any atom is 0.186 e. The molecule has 0 aliphatic carbocycles. The van der Waals surface area contributed by atoms with Gasteiger partial charge in [0.15, 0.2) is 28.7 Å². The highest BCUT2D eigenvalue weighted by Gasteiger charge is 2.25. The minimum absolute atomic E-state index is 0.0263. The fourth-order valence-corrected chi connectivity index (χ4v) is 4.15. The van der Waals surface area contributed by atoms with Crippen molar-refractivity contribution < 1.29 is 19.1 Å². The minimum Gasteiger partial charge on any atom is -0.493 e. The van der Waals surface area contributed by atoms with Gasteiger partial charge >= 0.3 is 0 Å². The van der Waals surface area contributed by atoms with Crippen LogP contribution in [0.5, 0.6) is 11.5 Å². The average Bonchev–Trinajstić information content (AvgIpc) is 3.32. The Morgan fingerprint density at radius 2 is 1.66 bits per heavy atom. The van der Waals surface area contributed by atoms with Gasteiger partial charge in [0, 0.05) is 29.3 Å². The number of carbonyl (C=O) groups is 2. The van der Waals surface area contributed by atoms with Crippen LogP contribution in [-0.4, -0.2) is 40.4 Å². The second kappa shape index (κ2) is 10.1. The van der Waals surface area contributed by atoms with Crippen molar-refractivity contribution in [3.63, 3.8) is 0 Å². The second-order valence-electron chi connectivity index (χ2n) is 8.79. The molecule has 0 saturated heterocycles. The lowest BCUT2D eigenvalue weighted by molar-refractivity contribution is 0.0887. The number of nitrogens with zero attached hydrogens (tertiary/aromatic N) is 3. The van der Waals surface area contributed by atoms with Crippen molar-refractivity contribution in [2.75, 3.05) is 14.2 Å². The van der Waals surface area contributed by atoms with E-state index in [2.05, 4.69) is 17.0 Å². The van der Waals surface area contributed by atoms with E-state index in [4.69, 9.17) is 9.47 Å². The first-order valence-corrected chi connectivity index (χ1v) is 11.5. The highest BCUT2D eigenvalue weighted by molar-refractivity contribution is 5.97.